The number of hydrogen-bond donors (Lipinski definition) is 3. The Labute approximate surface area is 235 Å². The summed E-state index contributed by atoms with van der Waals surface area (Å²) in [5, 5.41) is 30.0. The number of hydrogen-bond acceptors (Lipinski definition) is 8. The first-order valence-corrected chi connectivity index (χ1v) is 15.3. The van der Waals surface area contributed by atoms with Crippen molar-refractivity contribution in [3.8, 4) is 0 Å². The van der Waals surface area contributed by atoms with Crippen molar-refractivity contribution in [1.82, 2.24) is 0 Å². The molecule has 1 fully saturated rings. The van der Waals surface area contributed by atoms with Crippen LogP contribution in [0.15, 0.2) is 12.2 Å². The zero-order valence-electron chi connectivity index (χ0n) is 24.4. The third-order valence-corrected chi connectivity index (χ3v) is 7.47. The molecule has 1 aliphatic rings. The number of aliphatic hydroxyl groups is 3. The second-order valence-corrected chi connectivity index (χ2v) is 11.0. The van der Waals surface area contributed by atoms with Gasteiger partial charge in [-0.1, -0.05) is 90.2 Å². The first-order chi connectivity index (χ1) is 18.8. The molecule has 0 aromatic carbocycles. The summed E-state index contributed by atoms with van der Waals surface area (Å²) < 4.78 is 10.4. The number of carbonyl (C=O) groups is 3. The number of rotatable bonds is 23. The highest BCUT2D eigenvalue weighted by Gasteiger charge is 2.39. The lowest BCUT2D eigenvalue weighted by Crippen LogP contribution is -2.28. The summed E-state index contributed by atoms with van der Waals surface area (Å²) in [6, 6.07) is 0. The lowest BCUT2D eigenvalue weighted by atomic mass is 9.88. The van der Waals surface area contributed by atoms with E-state index in [1.165, 1.54) is 0 Å². The van der Waals surface area contributed by atoms with Gasteiger partial charge in [0.1, 0.15) is 12.4 Å². The molecule has 0 amide bonds. The number of Topliss-reactive ketones (excluding diaryl/α,β-unsaturated/α-hetero) is 1. The van der Waals surface area contributed by atoms with Crippen LogP contribution in [0, 0.1) is 11.8 Å². The second kappa shape index (κ2) is 22.0. The summed E-state index contributed by atoms with van der Waals surface area (Å²) in [6.07, 6.45) is 15.0. The molecule has 1 aliphatic carbocycles. The Balaban J connectivity index is 2.24. The van der Waals surface area contributed by atoms with Gasteiger partial charge in [-0.3, -0.25) is 14.4 Å². The van der Waals surface area contributed by atoms with Crippen LogP contribution in [0.2, 0.25) is 0 Å². The summed E-state index contributed by atoms with van der Waals surface area (Å²) in [6.45, 7) is 3.71. The molecule has 0 aromatic rings. The molecule has 3 N–H and O–H groups in total. The first-order valence-electron chi connectivity index (χ1n) is 15.3. The van der Waals surface area contributed by atoms with Gasteiger partial charge in [-0.05, 0) is 31.6 Å². The molecule has 0 spiro atoms. The van der Waals surface area contributed by atoms with E-state index in [9.17, 15) is 29.7 Å². The van der Waals surface area contributed by atoms with Crippen LogP contribution >= 0.6 is 0 Å². The van der Waals surface area contributed by atoms with E-state index in [0.29, 0.717) is 19.3 Å². The van der Waals surface area contributed by atoms with Crippen LogP contribution in [0.25, 0.3) is 0 Å². The Morgan fingerprint density at radius 1 is 0.923 bits per heavy atom. The molecule has 8 heteroatoms. The van der Waals surface area contributed by atoms with Crippen molar-refractivity contribution in [1.29, 1.82) is 0 Å². The summed E-state index contributed by atoms with van der Waals surface area (Å²) in [4.78, 5) is 36.3. The number of ketones is 1. The Hall–Kier alpha value is -1.77. The van der Waals surface area contributed by atoms with Gasteiger partial charge in [0.25, 0.3) is 0 Å². The van der Waals surface area contributed by atoms with Crippen molar-refractivity contribution in [3.63, 3.8) is 0 Å². The van der Waals surface area contributed by atoms with Gasteiger partial charge >= 0.3 is 11.9 Å². The van der Waals surface area contributed by atoms with Gasteiger partial charge < -0.3 is 24.8 Å². The molecule has 39 heavy (non-hydrogen) atoms. The van der Waals surface area contributed by atoms with Gasteiger partial charge in [-0.25, -0.2) is 0 Å². The summed E-state index contributed by atoms with van der Waals surface area (Å²) in [5.41, 5.74) is 0. The number of esters is 2. The fourth-order valence-electron chi connectivity index (χ4n) is 5.04. The molecule has 0 saturated heterocycles. The minimum Gasteiger partial charge on any atom is -0.462 e. The Kier molecular flexibility index (Phi) is 19.9. The quantitative estimate of drug-likeness (QED) is 0.0893. The molecule has 0 unspecified atom stereocenters. The highest BCUT2D eigenvalue weighted by atomic mass is 16.6. The summed E-state index contributed by atoms with van der Waals surface area (Å²) in [5.74, 6) is -1.21. The summed E-state index contributed by atoms with van der Waals surface area (Å²) in [7, 11) is 0. The maximum Gasteiger partial charge on any atom is 0.306 e. The van der Waals surface area contributed by atoms with E-state index in [2.05, 4.69) is 13.8 Å². The second-order valence-electron chi connectivity index (χ2n) is 11.0. The van der Waals surface area contributed by atoms with Gasteiger partial charge in [0.05, 0.1) is 18.8 Å². The van der Waals surface area contributed by atoms with Crippen molar-refractivity contribution in [3.05, 3.63) is 12.2 Å². The average molecular weight is 555 g/mol. The van der Waals surface area contributed by atoms with Crippen molar-refractivity contribution in [2.45, 2.75) is 141 Å². The highest BCUT2D eigenvalue weighted by Crippen LogP contribution is 2.34. The number of unbranched alkanes of at least 4 members (excludes halogenated alkanes) is 9. The molecular formula is C31H54O8. The molecule has 1 saturated carbocycles. The maximum atomic E-state index is 12.4. The average Bonchev–Trinajstić information content (AvgIpc) is 3.18. The first kappa shape index (κ1) is 35.3. The van der Waals surface area contributed by atoms with Crippen LogP contribution in [0.1, 0.15) is 123 Å². The van der Waals surface area contributed by atoms with Crippen LogP contribution in [-0.4, -0.2) is 64.6 Å². The predicted octanol–water partition coefficient (Wildman–Crippen LogP) is 5.20. The third-order valence-electron chi connectivity index (χ3n) is 7.47. The van der Waals surface area contributed by atoms with E-state index in [1.807, 2.05) is 0 Å². The van der Waals surface area contributed by atoms with Crippen molar-refractivity contribution >= 4 is 17.7 Å². The van der Waals surface area contributed by atoms with Crippen molar-refractivity contribution in [2.75, 3.05) is 13.2 Å². The molecule has 0 aliphatic heterocycles. The van der Waals surface area contributed by atoms with Gasteiger partial charge in [0, 0.05) is 25.2 Å². The van der Waals surface area contributed by atoms with E-state index in [0.717, 1.165) is 77.0 Å². The fourth-order valence-corrected chi connectivity index (χ4v) is 5.04. The molecule has 0 radical (unpaired) electrons. The normalized spacial score (nSPS) is 20.8. The van der Waals surface area contributed by atoms with Crippen molar-refractivity contribution in [2.24, 2.45) is 11.8 Å². The topological polar surface area (TPSA) is 130 Å². The largest absolute Gasteiger partial charge is 0.462 e. The van der Waals surface area contributed by atoms with E-state index < -0.39 is 30.9 Å². The molecule has 5 atom stereocenters. The Bertz CT molecular complexity index is 707. The zero-order chi connectivity index (χ0) is 28.9. The molecule has 0 heterocycles. The van der Waals surface area contributed by atoms with Crippen LogP contribution in [0.5, 0.6) is 0 Å². The van der Waals surface area contributed by atoms with Crippen LogP contribution < -0.4 is 0 Å². The van der Waals surface area contributed by atoms with Crippen molar-refractivity contribution < 1.29 is 39.2 Å². The van der Waals surface area contributed by atoms with E-state index in [1.54, 1.807) is 12.2 Å². The lowest BCUT2D eigenvalue weighted by molar-refractivity contribution is -0.161. The maximum absolute atomic E-state index is 12.4. The van der Waals surface area contributed by atoms with Crippen LogP contribution in [0.4, 0.5) is 0 Å². The number of aliphatic hydroxyl groups excluding tert-OH is 3. The Morgan fingerprint density at radius 3 is 2.21 bits per heavy atom. The Morgan fingerprint density at radius 2 is 1.54 bits per heavy atom. The number of carbonyl (C=O) groups excluding carboxylic acids is 3. The van der Waals surface area contributed by atoms with E-state index >= 15 is 0 Å². The summed E-state index contributed by atoms with van der Waals surface area (Å²) >= 11 is 0. The molecule has 0 aromatic heterocycles. The zero-order valence-corrected chi connectivity index (χ0v) is 24.4. The monoisotopic (exact) mass is 554 g/mol. The highest BCUT2D eigenvalue weighted by molar-refractivity contribution is 5.86. The molecule has 226 valence electrons. The fraction of sp³-hybridized carbons (Fsp3) is 0.839. The minimum absolute atomic E-state index is 0.0309. The van der Waals surface area contributed by atoms with Gasteiger partial charge in [0.2, 0.25) is 0 Å². The van der Waals surface area contributed by atoms with Crippen LogP contribution in [0.3, 0.4) is 0 Å². The lowest BCUT2D eigenvalue weighted by Gasteiger charge is -2.19. The minimum atomic E-state index is -0.849. The molecule has 1 rings (SSSR count). The SMILES string of the molecule is CCCCCCCC(=O)OC[C@H](CO)OC(=O)CCCCCC[C@H]1[C@@H](O)CC(=O)[C@@H]1/C=C/[C@@H](O)CCCCC. The predicted molar refractivity (Wildman–Crippen MR) is 151 cm³/mol. The standard InChI is InChI=1S/C31H54O8/c1-3-5-7-8-13-17-30(36)38-23-25(22-32)39-31(37)18-14-10-9-12-16-26-27(29(35)21-28(26)34)20-19-24(33)15-11-6-4-2/h19-20,24-28,32-34H,3-18,21-23H2,1-2H3/b20-19+/t24-,25-,26+,27+,28-/m0/s1. The van der Waals surface area contributed by atoms with E-state index in [-0.39, 0.29) is 43.0 Å². The molecule has 0 bridgehead atoms. The van der Waals surface area contributed by atoms with E-state index in [4.69, 9.17) is 9.47 Å². The smallest absolute Gasteiger partial charge is 0.306 e. The van der Waals surface area contributed by atoms with Crippen LogP contribution in [-0.2, 0) is 23.9 Å². The number of ether oxygens (including phenoxy) is 2. The van der Waals surface area contributed by atoms with Gasteiger partial charge in [0.15, 0.2) is 6.10 Å². The van der Waals surface area contributed by atoms with Gasteiger partial charge in [-0.2, -0.15) is 0 Å². The van der Waals surface area contributed by atoms with Gasteiger partial charge in [-0.15, -0.1) is 0 Å². The molecule has 8 nitrogen and oxygen atoms in total. The third kappa shape index (κ3) is 16.2. The molecular weight excluding hydrogens is 500 g/mol. The number of allylic oxidation sites excluding steroid dienone is 1.